The maximum atomic E-state index is 13.0. The highest BCUT2D eigenvalue weighted by molar-refractivity contribution is 7.15. The summed E-state index contributed by atoms with van der Waals surface area (Å²) < 4.78 is 1.60. The molecule has 0 saturated carbocycles. The molecule has 140 valence electrons. The number of fused-ring (bicyclic) bond motifs is 1. The highest BCUT2D eigenvalue weighted by Crippen LogP contribution is 2.29. The maximum Gasteiger partial charge on any atom is 0.298 e. The minimum atomic E-state index is -0.826. The van der Waals surface area contributed by atoms with Crippen molar-refractivity contribution in [3.05, 3.63) is 74.8 Å². The van der Waals surface area contributed by atoms with E-state index in [0.717, 1.165) is 0 Å². The van der Waals surface area contributed by atoms with Crippen molar-refractivity contribution in [3.63, 3.8) is 0 Å². The van der Waals surface area contributed by atoms with E-state index in [1.807, 2.05) is 0 Å². The zero-order valence-electron chi connectivity index (χ0n) is 13.9. The van der Waals surface area contributed by atoms with Crippen molar-refractivity contribution in [1.82, 2.24) is 9.38 Å². The van der Waals surface area contributed by atoms with Gasteiger partial charge in [-0.05, 0) is 30.3 Å². The third-order valence-corrected chi connectivity index (χ3v) is 5.54. The average molecular weight is 451 g/mol. The number of anilines is 1. The van der Waals surface area contributed by atoms with Crippen LogP contribution in [0.1, 0.15) is 10.5 Å². The molecule has 0 spiro atoms. The van der Waals surface area contributed by atoms with Crippen LogP contribution in [0.4, 0.5) is 5.69 Å². The molecule has 0 radical (unpaired) electrons. The van der Waals surface area contributed by atoms with Crippen LogP contribution in [-0.4, -0.2) is 21.1 Å². The molecule has 0 unspecified atom stereocenters. The number of rotatable bonds is 4. The zero-order chi connectivity index (χ0) is 19.8. The molecule has 2 heterocycles. The second-order valence-electron chi connectivity index (χ2n) is 5.78. The van der Waals surface area contributed by atoms with Gasteiger partial charge in [0.15, 0.2) is 4.96 Å². The van der Waals surface area contributed by atoms with Crippen molar-refractivity contribution < 1.29 is 9.59 Å². The molecule has 0 aliphatic carbocycles. The molecule has 1 amide bonds. The van der Waals surface area contributed by atoms with E-state index in [0.29, 0.717) is 32.0 Å². The van der Waals surface area contributed by atoms with Crippen LogP contribution in [-0.2, 0) is 4.79 Å². The Balaban J connectivity index is 1.74. The number of nitrogens with one attached hydrogen (secondary N) is 1. The van der Waals surface area contributed by atoms with Crippen molar-refractivity contribution >= 4 is 68.5 Å². The fourth-order valence-electron chi connectivity index (χ4n) is 2.69. The maximum absolute atomic E-state index is 13.0. The van der Waals surface area contributed by atoms with E-state index in [-0.39, 0.29) is 10.7 Å². The van der Waals surface area contributed by atoms with Crippen LogP contribution in [0.2, 0.25) is 15.1 Å². The number of imidazole rings is 1. The number of carbonyl (C=O) groups is 2. The summed E-state index contributed by atoms with van der Waals surface area (Å²) in [5, 5.41) is 5.55. The lowest BCUT2D eigenvalue weighted by Crippen LogP contribution is -2.24. The highest BCUT2D eigenvalue weighted by atomic mass is 35.5. The molecule has 1 N–H and O–H groups in total. The van der Waals surface area contributed by atoms with Crippen LogP contribution in [0.5, 0.6) is 0 Å². The standard InChI is InChI=1S/C19H10Cl3N3O2S/c20-11-3-1-10(2-4-11)15-16(25-7-8-28-19(25)24-15)17(26)18(27)23-14-6-5-12(21)9-13(14)22/h1-9H,(H,23,27). The number of carbonyl (C=O) groups excluding carboxylic acids is 2. The Labute approximate surface area is 178 Å². The fraction of sp³-hybridized carbons (Fsp3) is 0. The molecule has 2 aromatic heterocycles. The summed E-state index contributed by atoms with van der Waals surface area (Å²) in [6.07, 6.45) is 1.70. The zero-order valence-corrected chi connectivity index (χ0v) is 17.0. The van der Waals surface area contributed by atoms with Crippen molar-refractivity contribution in [2.45, 2.75) is 0 Å². The monoisotopic (exact) mass is 449 g/mol. The second kappa shape index (κ2) is 7.56. The van der Waals surface area contributed by atoms with E-state index in [4.69, 9.17) is 34.8 Å². The normalized spacial score (nSPS) is 11.0. The van der Waals surface area contributed by atoms with E-state index in [1.54, 1.807) is 46.3 Å². The molecule has 9 heteroatoms. The van der Waals surface area contributed by atoms with Crippen LogP contribution in [0.15, 0.2) is 54.0 Å². The van der Waals surface area contributed by atoms with Gasteiger partial charge in [0.05, 0.1) is 10.7 Å². The lowest BCUT2D eigenvalue weighted by molar-refractivity contribution is -0.112. The Kier molecular flexibility index (Phi) is 5.12. The molecule has 2 aromatic carbocycles. The topological polar surface area (TPSA) is 63.5 Å². The summed E-state index contributed by atoms with van der Waals surface area (Å²) in [7, 11) is 0. The largest absolute Gasteiger partial charge is 0.318 e. The quantitative estimate of drug-likeness (QED) is 0.313. The van der Waals surface area contributed by atoms with Gasteiger partial charge in [-0.25, -0.2) is 4.98 Å². The molecule has 0 bridgehead atoms. The van der Waals surface area contributed by atoms with Gasteiger partial charge >= 0.3 is 0 Å². The van der Waals surface area contributed by atoms with Crippen molar-refractivity contribution in [2.75, 3.05) is 5.32 Å². The first-order valence-electron chi connectivity index (χ1n) is 7.96. The predicted molar refractivity (Wildman–Crippen MR) is 113 cm³/mol. The smallest absolute Gasteiger partial charge is 0.298 e. The Morgan fingerprint density at radius 1 is 1.00 bits per heavy atom. The van der Waals surface area contributed by atoms with Gasteiger partial charge in [0.1, 0.15) is 11.4 Å². The van der Waals surface area contributed by atoms with Crippen LogP contribution in [0.25, 0.3) is 16.2 Å². The summed E-state index contributed by atoms with van der Waals surface area (Å²) in [6.45, 7) is 0. The number of hydrogen-bond acceptors (Lipinski definition) is 4. The number of hydrogen-bond donors (Lipinski definition) is 1. The molecule has 4 aromatic rings. The van der Waals surface area contributed by atoms with Gasteiger partial charge in [0.25, 0.3) is 11.7 Å². The van der Waals surface area contributed by atoms with Gasteiger partial charge in [-0.3, -0.25) is 14.0 Å². The van der Waals surface area contributed by atoms with Gasteiger partial charge in [-0.15, -0.1) is 11.3 Å². The van der Waals surface area contributed by atoms with E-state index >= 15 is 0 Å². The van der Waals surface area contributed by atoms with Gasteiger partial charge in [-0.2, -0.15) is 0 Å². The van der Waals surface area contributed by atoms with E-state index in [2.05, 4.69) is 10.3 Å². The van der Waals surface area contributed by atoms with E-state index in [9.17, 15) is 9.59 Å². The van der Waals surface area contributed by atoms with Crippen LogP contribution >= 0.6 is 46.1 Å². The van der Waals surface area contributed by atoms with Crippen molar-refractivity contribution in [2.24, 2.45) is 0 Å². The average Bonchev–Trinajstić information content (AvgIpc) is 3.25. The predicted octanol–water partition coefficient (Wildman–Crippen LogP) is 5.84. The summed E-state index contributed by atoms with van der Waals surface area (Å²) >= 11 is 19.3. The van der Waals surface area contributed by atoms with Crippen molar-refractivity contribution in [1.29, 1.82) is 0 Å². The first-order valence-corrected chi connectivity index (χ1v) is 9.97. The third-order valence-electron chi connectivity index (χ3n) is 3.98. The number of Topliss-reactive ketones (excluding diaryl/α,β-unsaturated/α-hetero) is 1. The number of ketones is 1. The first kappa shape index (κ1) is 19.0. The number of nitrogens with zero attached hydrogens (tertiary/aromatic N) is 2. The Bertz CT molecular complexity index is 1220. The summed E-state index contributed by atoms with van der Waals surface area (Å²) in [6, 6.07) is 11.5. The van der Waals surface area contributed by atoms with Crippen LogP contribution in [0, 0.1) is 0 Å². The minimum absolute atomic E-state index is 0.168. The number of benzene rings is 2. The second-order valence-corrected chi connectivity index (χ2v) is 7.93. The molecule has 0 atom stereocenters. The Morgan fingerprint density at radius 2 is 1.71 bits per heavy atom. The molecule has 0 saturated heterocycles. The number of thiazole rings is 1. The number of halogens is 3. The molecule has 4 rings (SSSR count). The van der Waals surface area contributed by atoms with Gasteiger partial charge < -0.3 is 5.32 Å². The molecule has 0 aliphatic heterocycles. The Morgan fingerprint density at radius 3 is 2.43 bits per heavy atom. The SMILES string of the molecule is O=C(Nc1ccc(Cl)cc1Cl)C(=O)c1c(-c2ccc(Cl)cc2)nc2sccn12. The van der Waals surface area contributed by atoms with Gasteiger partial charge in [-0.1, -0.05) is 46.9 Å². The number of aromatic nitrogens is 2. The summed E-state index contributed by atoms with van der Waals surface area (Å²) in [5.41, 5.74) is 1.55. The Hall–Kier alpha value is -2.38. The molecule has 5 nitrogen and oxygen atoms in total. The fourth-order valence-corrected chi connectivity index (χ4v) is 3.98. The lowest BCUT2D eigenvalue weighted by Gasteiger charge is -2.08. The lowest BCUT2D eigenvalue weighted by atomic mass is 10.1. The van der Waals surface area contributed by atoms with Crippen LogP contribution < -0.4 is 5.32 Å². The van der Waals surface area contributed by atoms with Gasteiger partial charge in [0.2, 0.25) is 0 Å². The molecule has 0 aliphatic rings. The third kappa shape index (κ3) is 3.52. The van der Waals surface area contributed by atoms with E-state index < -0.39 is 11.7 Å². The highest BCUT2D eigenvalue weighted by Gasteiger charge is 2.27. The summed E-state index contributed by atoms with van der Waals surface area (Å²) in [4.78, 5) is 30.7. The van der Waals surface area contributed by atoms with Crippen LogP contribution in [0.3, 0.4) is 0 Å². The van der Waals surface area contributed by atoms with Gasteiger partial charge in [0, 0.05) is 27.2 Å². The first-order chi connectivity index (χ1) is 13.4. The van der Waals surface area contributed by atoms with E-state index in [1.165, 1.54) is 23.5 Å². The molecular formula is C19H10Cl3N3O2S. The minimum Gasteiger partial charge on any atom is -0.318 e. The van der Waals surface area contributed by atoms with Crippen molar-refractivity contribution in [3.8, 4) is 11.3 Å². The molecule has 28 heavy (non-hydrogen) atoms. The number of amides is 1. The summed E-state index contributed by atoms with van der Waals surface area (Å²) in [5.74, 6) is -1.56. The molecular weight excluding hydrogens is 441 g/mol. The molecule has 0 fully saturated rings.